The second kappa shape index (κ2) is 12.7. The van der Waals surface area contributed by atoms with E-state index in [0.29, 0.717) is 31.7 Å². The van der Waals surface area contributed by atoms with Gasteiger partial charge in [-0.05, 0) is 49.4 Å². The van der Waals surface area contributed by atoms with Crippen LogP contribution >= 0.6 is 0 Å². The van der Waals surface area contributed by atoms with Crippen molar-refractivity contribution in [2.24, 2.45) is 5.10 Å². The van der Waals surface area contributed by atoms with Gasteiger partial charge in [-0.25, -0.2) is 5.43 Å². The first-order valence-corrected chi connectivity index (χ1v) is 11.2. The Hall–Kier alpha value is -3.03. The van der Waals surface area contributed by atoms with Gasteiger partial charge in [-0.2, -0.15) is 5.10 Å². The molecule has 2 aromatic carbocycles. The number of aryl methyl sites for hydroxylation is 1. The van der Waals surface area contributed by atoms with Crippen LogP contribution in [0.5, 0.6) is 0 Å². The predicted molar refractivity (Wildman–Crippen MR) is 126 cm³/mol. The normalized spacial score (nSPS) is 15.4. The molecule has 7 nitrogen and oxygen atoms in total. The molecule has 2 aromatic rings. The maximum atomic E-state index is 12.9. The summed E-state index contributed by atoms with van der Waals surface area (Å²) in [5.41, 5.74) is 5.45. The number of nitrogens with zero attached hydrogens (tertiary/aromatic N) is 2. The van der Waals surface area contributed by atoms with Crippen molar-refractivity contribution in [2.45, 2.75) is 32.2 Å². The molecule has 0 radical (unpaired) electrons. The average Bonchev–Trinajstić information content (AvgIpc) is 2.83. The van der Waals surface area contributed by atoms with Gasteiger partial charge in [-0.1, -0.05) is 42.5 Å². The number of hydrogen-bond acceptors (Lipinski definition) is 5. The number of carbonyl (C=O) groups excluding carboxylic acids is 2. The van der Waals surface area contributed by atoms with Gasteiger partial charge in [0.1, 0.15) is 0 Å². The Balaban J connectivity index is 1.48. The fourth-order valence-corrected chi connectivity index (χ4v) is 3.70. The van der Waals surface area contributed by atoms with E-state index >= 15 is 0 Å². The number of ether oxygens (including phenoxy) is 1. The van der Waals surface area contributed by atoms with Crippen LogP contribution in [0.2, 0.25) is 0 Å². The van der Waals surface area contributed by atoms with Gasteiger partial charge in [0.15, 0.2) is 0 Å². The van der Waals surface area contributed by atoms with Crippen molar-refractivity contribution >= 4 is 18.0 Å². The lowest BCUT2D eigenvalue weighted by Gasteiger charge is -2.33. The van der Waals surface area contributed by atoms with Crippen LogP contribution in [0, 0.1) is 6.92 Å². The third-order valence-corrected chi connectivity index (χ3v) is 5.58. The average molecular weight is 437 g/mol. The quantitative estimate of drug-likeness (QED) is 0.341. The van der Waals surface area contributed by atoms with Gasteiger partial charge in [0.2, 0.25) is 0 Å². The standard InChI is InChI=1S/C25H32N4O3/c1-20-9-5-6-12-22(20)19-27-28-25(31)23(29-15-17-32-18-16-29)13-7-8-14-26-24(30)21-10-3-2-4-11-21/h2-6,9-12,19,23H,7-8,13-18H2,1H3,(H,26,30)(H,28,31)/b27-19+/t23-/m1/s1. The molecule has 3 rings (SSSR count). The second-order valence-corrected chi connectivity index (χ2v) is 7.87. The molecule has 1 fully saturated rings. The molecule has 0 aromatic heterocycles. The zero-order valence-corrected chi connectivity index (χ0v) is 18.6. The molecule has 1 heterocycles. The molecule has 1 saturated heterocycles. The summed E-state index contributed by atoms with van der Waals surface area (Å²) in [7, 11) is 0. The number of rotatable bonds is 10. The summed E-state index contributed by atoms with van der Waals surface area (Å²) in [6, 6.07) is 16.8. The van der Waals surface area contributed by atoms with E-state index < -0.39 is 0 Å². The zero-order chi connectivity index (χ0) is 22.6. The van der Waals surface area contributed by atoms with Crippen molar-refractivity contribution in [3.63, 3.8) is 0 Å². The largest absolute Gasteiger partial charge is 0.379 e. The summed E-state index contributed by atoms with van der Waals surface area (Å²) in [6.45, 7) is 5.30. The van der Waals surface area contributed by atoms with E-state index in [4.69, 9.17) is 4.74 Å². The Morgan fingerprint density at radius 3 is 2.53 bits per heavy atom. The van der Waals surface area contributed by atoms with E-state index in [2.05, 4.69) is 20.7 Å². The van der Waals surface area contributed by atoms with Gasteiger partial charge in [0.05, 0.1) is 25.5 Å². The first-order chi connectivity index (χ1) is 15.6. The SMILES string of the molecule is Cc1ccccc1/C=N/NC(=O)[C@@H](CCCCNC(=O)c1ccccc1)N1CCOCC1. The van der Waals surface area contributed by atoms with Crippen molar-refractivity contribution < 1.29 is 14.3 Å². The van der Waals surface area contributed by atoms with E-state index in [1.54, 1.807) is 18.3 Å². The molecule has 0 bridgehead atoms. The summed E-state index contributed by atoms with van der Waals surface area (Å²) in [5, 5.41) is 7.12. The van der Waals surface area contributed by atoms with Crippen LogP contribution in [0.15, 0.2) is 59.7 Å². The molecule has 1 aliphatic rings. The van der Waals surface area contributed by atoms with Crippen molar-refractivity contribution in [2.75, 3.05) is 32.8 Å². The van der Waals surface area contributed by atoms with Crippen LogP contribution in [-0.2, 0) is 9.53 Å². The van der Waals surface area contributed by atoms with E-state index in [1.165, 1.54) is 0 Å². The topological polar surface area (TPSA) is 83.0 Å². The summed E-state index contributed by atoms with van der Waals surface area (Å²) in [4.78, 5) is 27.2. The monoisotopic (exact) mass is 436 g/mol. The third-order valence-electron chi connectivity index (χ3n) is 5.58. The van der Waals surface area contributed by atoms with Gasteiger partial charge in [0, 0.05) is 25.2 Å². The fourth-order valence-electron chi connectivity index (χ4n) is 3.70. The highest BCUT2D eigenvalue weighted by Gasteiger charge is 2.26. The Kier molecular flexibility index (Phi) is 9.40. The summed E-state index contributed by atoms with van der Waals surface area (Å²) >= 11 is 0. The number of unbranched alkanes of at least 4 members (excludes halogenated alkanes) is 1. The van der Waals surface area contributed by atoms with Gasteiger partial charge < -0.3 is 10.1 Å². The molecule has 0 unspecified atom stereocenters. The maximum absolute atomic E-state index is 12.9. The van der Waals surface area contributed by atoms with Gasteiger partial charge in [0.25, 0.3) is 11.8 Å². The van der Waals surface area contributed by atoms with Crippen LogP contribution < -0.4 is 10.7 Å². The second-order valence-electron chi connectivity index (χ2n) is 7.87. The molecule has 7 heteroatoms. The Morgan fingerprint density at radius 2 is 1.78 bits per heavy atom. The Morgan fingerprint density at radius 1 is 1.06 bits per heavy atom. The number of amides is 2. The smallest absolute Gasteiger partial charge is 0.257 e. The number of hydrazone groups is 1. The van der Waals surface area contributed by atoms with E-state index in [1.807, 2.05) is 49.4 Å². The molecular formula is C25H32N4O3. The van der Waals surface area contributed by atoms with E-state index in [-0.39, 0.29) is 17.9 Å². The molecule has 0 aliphatic carbocycles. The zero-order valence-electron chi connectivity index (χ0n) is 18.6. The third kappa shape index (κ3) is 7.28. The highest BCUT2D eigenvalue weighted by Crippen LogP contribution is 2.12. The molecule has 0 saturated carbocycles. The van der Waals surface area contributed by atoms with Crippen LogP contribution in [0.1, 0.15) is 40.7 Å². The molecule has 170 valence electrons. The van der Waals surface area contributed by atoms with E-state index in [9.17, 15) is 9.59 Å². The summed E-state index contributed by atoms with van der Waals surface area (Å²) < 4.78 is 5.44. The van der Waals surface area contributed by atoms with Crippen LogP contribution in [0.4, 0.5) is 0 Å². The minimum absolute atomic E-state index is 0.0707. The van der Waals surface area contributed by atoms with Crippen molar-refractivity contribution in [3.8, 4) is 0 Å². The number of carbonyl (C=O) groups is 2. The molecule has 2 amide bonds. The minimum atomic E-state index is -0.266. The highest BCUT2D eigenvalue weighted by molar-refractivity contribution is 5.94. The number of nitrogens with one attached hydrogen (secondary N) is 2. The molecule has 2 N–H and O–H groups in total. The predicted octanol–water partition coefficient (Wildman–Crippen LogP) is 2.75. The lowest BCUT2D eigenvalue weighted by molar-refractivity contribution is -0.128. The van der Waals surface area contributed by atoms with Crippen molar-refractivity contribution in [1.82, 2.24) is 15.6 Å². The number of hydrogen-bond donors (Lipinski definition) is 2. The molecule has 1 aliphatic heterocycles. The summed E-state index contributed by atoms with van der Waals surface area (Å²) in [6.07, 6.45) is 4.01. The van der Waals surface area contributed by atoms with Gasteiger partial charge in [-0.15, -0.1) is 0 Å². The first kappa shape index (κ1) is 23.6. The molecule has 0 spiro atoms. The first-order valence-electron chi connectivity index (χ1n) is 11.2. The van der Waals surface area contributed by atoms with Gasteiger partial charge in [-0.3, -0.25) is 14.5 Å². The van der Waals surface area contributed by atoms with Crippen molar-refractivity contribution in [3.05, 3.63) is 71.3 Å². The van der Waals surface area contributed by atoms with Crippen LogP contribution in [0.25, 0.3) is 0 Å². The van der Waals surface area contributed by atoms with Crippen LogP contribution in [0.3, 0.4) is 0 Å². The Bertz CT molecular complexity index is 895. The number of morpholine rings is 1. The van der Waals surface area contributed by atoms with Crippen molar-refractivity contribution in [1.29, 1.82) is 0 Å². The highest BCUT2D eigenvalue weighted by atomic mass is 16.5. The molecule has 1 atom stereocenters. The minimum Gasteiger partial charge on any atom is -0.379 e. The maximum Gasteiger partial charge on any atom is 0.257 e. The lowest BCUT2D eigenvalue weighted by Crippen LogP contribution is -2.50. The molecular weight excluding hydrogens is 404 g/mol. The van der Waals surface area contributed by atoms with Crippen LogP contribution in [-0.4, -0.2) is 61.8 Å². The van der Waals surface area contributed by atoms with Gasteiger partial charge >= 0.3 is 0 Å². The number of benzene rings is 2. The molecule has 32 heavy (non-hydrogen) atoms. The fraction of sp³-hybridized carbons (Fsp3) is 0.400. The van der Waals surface area contributed by atoms with E-state index in [0.717, 1.165) is 37.1 Å². The summed E-state index contributed by atoms with van der Waals surface area (Å²) in [5.74, 6) is -0.177. The lowest BCUT2D eigenvalue weighted by atomic mass is 10.1. The Labute approximate surface area is 189 Å².